The molecule has 2 aromatic rings. The van der Waals surface area contributed by atoms with Gasteiger partial charge in [-0.15, -0.1) is 11.3 Å². The summed E-state index contributed by atoms with van der Waals surface area (Å²) in [5, 5.41) is 0.254. The third kappa shape index (κ3) is 1.85. The summed E-state index contributed by atoms with van der Waals surface area (Å²) in [5.74, 6) is -0.599. The number of methoxy groups -OCH3 is 2. The maximum absolute atomic E-state index is 13.7. The van der Waals surface area contributed by atoms with E-state index in [1.807, 2.05) is 0 Å². The molecule has 0 saturated carbocycles. The monoisotopic (exact) mass is 274 g/mol. The third-order valence-corrected chi connectivity index (χ3v) is 3.96. The lowest BCUT2D eigenvalue weighted by Crippen LogP contribution is -1.98. The Kier molecular flexibility index (Phi) is 3.22. The molecule has 0 amide bonds. The predicted molar refractivity (Wildman–Crippen MR) is 64.7 cm³/mol. The van der Waals surface area contributed by atoms with Gasteiger partial charge >= 0.3 is 5.97 Å². The number of carbonyl (C=O) groups excluding carboxylic acids is 1. The predicted octanol–water partition coefficient (Wildman–Crippen LogP) is 3.49. The number of esters is 1. The van der Waals surface area contributed by atoms with Crippen LogP contribution in [0.25, 0.3) is 10.1 Å². The molecule has 0 atom stereocenters. The Morgan fingerprint density at radius 1 is 1.41 bits per heavy atom. The quantitative estimate of drug-likeness (QED) is 0.787. The van der Waals surface area contributed by atoms with Crippen molar-refractivity contribution in [2.75, 3.05) is 14.2 Å². The van der Waals surface area contributed by atoms with Crippen LogP contribution in [0.5, 0.6) is 5.75 Å². The second kappa shape index (κ2) is 4.50. The summed E-state index contributed by atoms with van der Waals surface area (Å²) in [5.41, 5.74) is 0. The lowest BCUT2D eigenvalue weighted by molar-refractivity contribution is 0.0606. The van der Waals surface area contributed by atoms with Gasteiger partial charge in [0.05, 0.1) is 29.3 Å². The summed E-state index contributed by atoms with van der Waals surface area (Å²) in [7, 11) is 2.72. The fraction of sp³-hybridized carbons (Fsp3) is 0.182. The number of carbonyl (C=O) groups is 1. The van der Waals surface area contributed by atoms with Crippen molar-refractivity contribution in [3.8, 4) is 5.75 Å². The summed E-state index contributed by atoms with van der Waals surface area (Å²) in [6.07, 6.45) is 0. The Labute approximate surface area is 106 Å². The van der Waals surface area contributed by atoms with E-state index < -0.39 is 11.8 Å². The second-order valence-electron chi connectivity index (χ2n) is 3.19. The van der Waals surface area contributed by atoms with Crippen molar-refractivity contribution < 1.29 is 18.7 Å². The van der Waals surface area contributed by atoms with Crippen molar-refractivity contribution >= 4 is 39.0 Å². The van der Waals surface area contributed by atoms with Gasteiger partial charge in [0, 0.05) is 0 Å². The van der Waals surface area contributed by atoms with Gasteiger partial charge in [-0.2, -0.15) is 0 Å². The Balaban J connectivity index is 2.80. The van der Waals surface area contributed by atoms with Gasteiger partial charge in [-0.25, -0.2) is 9.18 Å². The van der Waals surface area contributed by atoms with Crippen LogP contribution < -0.4 is 4.74 Å². The first kappa shape index (κ1) is 12.1. The molecule has 1 aromatic carbocycles. The minimum Gasteiger partial charge on any atom is -0.495 e. The first-order valence-corrected chi connectivity index (χ1v) is 5.82. The summed E-state index contributed by atoms with van der Waals surface area (Å²) >= 11 is 7.03. The smallest absolute Gasteiger partial charge is 0.349 e. The molecule has 0 fully saturated rings. The summed E-state index contributed by atoms with van der Waals surface area (Å²) < 4.78 is 23.8. The first-order chi connectivity index (χ1) is 8.10. The van der Waals surface area contributed by atoms with E-state index in [9.17, 15) is 9.18 Å². The number of benzene rings is 1. The highest BCUT2D eigenvalue weighted by Gasteiger charge is 2.22. The van der Waals surface area contributed by atoms with E-state index in [1.54, 1.807) is 0 Å². The highest BCUT2D eigenvalue weighted by atomic mass is 35.5. The fourth-order valence-corrected chi connectivity index (χ4v) is 3.04. The van der Waals surface area contributed by atoms with Gasteiger partial charge in [-0.05, 0) is 12.1 Å². The molecular formula is C11H8ClFO3S. The van der Waals surface area contributed by atoms with Gasteiger partial charge in [-0.3, -0.25) is 0 Å². The van der Waals surface area contributed by atoms with E-state index in [1.165, 1.54) is 26.4 Å². The Bertz CT molecular complexity index is 594. The molecule has 90 valence electrons. The standard InChI is InChI=1S/C11H8ClFO3S/c1-15-6-4-3-5(13)7-8(12)10(11(14)16-2)17-9(6)7/h3-4H,1-2H3. The lowest BCUT2D eigenvalue weighted by Gasteiger charge is -2.01. The zero-order valence-electron chi connectivity index (χ0n) is 9.04. The summed E-state index contributed by atoms with van der Waals surface area (Å²) in [6, 6.07) is 2.74. The van der Waals surface area contributed by atoms with Crippen LogP contribution in [0, 0.1) is 5.82 Å². The number of fused-ring (bicyclic) bond motifs is 1. The lowest BCUT2D eigenvalue weighted by atomic mass is 10.2. The maximum Gasteiger partial charge on any atom is 0.349 e. The van der Waals surface area contributed by atoms with Gasteiger partial charge in [-0.1, -0.05) is 11.6 Å². The molecule has 0 aliphatic rings. The molecule has 0 aliphatic carbocycles. The minimum absolute atomic E-state index is 0.0632. The molecular weight excluding hydrogens is 267 g/mol. The average molecular weight is 275 g/mol. The molecule has 6 heteroatoms. The Morgan fingerprint density at radius 2 is 2.12 bits per heavy atom. The maximum atomic E-state index is 13.7. The molecule has 2 rings (SSSR count). The van der Waals surface area contributed by atoms with Gasteiger partial charge in [0.2, 0.25) is 0 Å². The zero-order chi connectivity index (χ0) is 12.6. The molecule has 0 aliphatic heterocycles. The number of ether oxygens (including phenoxy) is 2. The van der Waals surface area contributed by atoms with Crippen LogP contribution in [0.2, 0.25) is 5.02 Å². The van der Waals surface area contributed by atoms with Crippen LogP contribution in [0.1, 0.15) is 9.67 Å². The van der Waals surface area contributed by atoms with Crippen molar-refractivity contribution in [1.82, 2.24) is 0 Å². The average Bonchev–Trinajstić information content (AvgIpc) is 2.68. The Hall–Kier alpha value is -1.33. The van der Waals surface area contributed by atoms with Crippen molar-refractivity contribution in [2.24, 2.45) is 0 Å². The van der Waals surface area contributed by atoms with Crippen LogP contribution in [0.15, 0.2) is 12.1 Å². The molecule has 0 N–H and O–H groups in total. The van der Waals surface area contributed by atoms with Crippen LogP contribution in [0.3, 0.4) is 0 Å². The second-order valence-corrected chi connectivity index (χ2v) is 4.59. The van der Waals surface area contributed by atoms with Crippen molar-refractivity contribution in [3.05, 3.63) is 27.8 Å². The van der Waals surface area contributed by atoms with E-state index in [0.717, 1.165) is 11.3 Å². The highest BCUT2D eigenvalue weighted by molar-refractivity contribution is 7.22. The molecule has 1 heterocycles. The SMILES string of the molecule is COC(=O)c1sc2c(OC)ccc(F)c2c1Cl. The van der Waals surface area contributed by atoms with E-state index in [0.29, 0.717) is 10.4 Å². The number of halogens is 2. The van der Waals surface area contributed by atoms with Crippen LogP contribution >= 0.6 is 22.9 Å². The molecule has 0 bridgehead atoms. The van der Waals surface area contributed by atoms with Gasteiger partial charge in [0.1, 0.15) is 16.4 Å². The van der Waals surface area contributed by atoms with Crippen LogP contribution in [-0.2, 0) is 4.74 Å². The number of hydrogen-bond donors (Lipinski definition) is 0. The molecule has 17 heavy (non-hydrogen) atoms. The van der Waals surface area contributed by atoms with Gasteiger partial charge in [0.25, 0.3) is 0 Å². The Morgan fingerprint density at radius 3 is 2.71 bits per heavy atom. The fourth-order valence-electron chi connectivity index (χ4n) is 1.49. The largest absolute Gasteiger partial charge is 0.495 e. The van der Waals surface area contributed by atoms with Crippen LogP contribution in [0.4, 0.5) is 4.39 Å². The number of rotatable bonds is 2. The van der Waals surface area contributed by atoms with Crippen molar-refractivity contribution in [3.63, 3.8) is 0 Å². The van der Waals surface area contributed by atoms with Crippen molar-refractivity contribution in [1.29, 1.82) is 0 Å². The summed E-state index contributed by atoms with van der Waals surface area (Å²) in [4.78, 5) is 11.6. The highest BCUT2D eigenvalue weighted by Crippen LogP contribution is 2.41. The summed E-state index contributed by atoms with van der Waals surface area (Å²) in [6.45, 7) is 0. The van der Waals surface area contributed by atoms with Gasteiger partial charge in [0.15, 0.2) is 0 Å². The molecule has 0 radical (unpaired) electrons. The number of hydrogen-bond acceptors (Lipinski definition) is 4. The van der Waals surface area contributed by atoms with Crippen LogP contribution in [-0.4, -0.2) is 20.2 Å². The third-order valence-electron chi connectivity index (χ3n) is 2.28. The van der Waals surface area contributed by atoms with E-state index in [2.05, 4.69) is 4.74 Å². The molecule has 1 aromatic heterocycles. The van der Waals surface area contributed by atoms with E-state index in [-0.39, 0.29) is 15.3 Å². The minimum atomic E-state index is -0.586. The van der Waals surface area contributed by atoms with E-state index >= 15 is 0 Å². The van der Waals surface area contributed by atoms with Crippen molar-refractivity contribution in [2.45, 2.75) is 0 Å². The first-order valence-electron chi connectivity index (χ1n) is 4.63. The van der Waals surface area contributed by atoms with Gasteiger partial charge < -0.3 is 9.47 Å². The normalized spacial score (nSPS) is 10.6. The molecule has 0 spiro atoms. The zero-order valence-corrected chi connectivity index (χ0v) is 10.6. The van der Waals surface area contributed by atoms with E-state index in [4.69, 9.17) is 16.3 Å². The topological polar surface area (TPSA) is 35.5 Å². The number of thiophene rings is 1. The molecule has 3 nitrogen and oxygen atoms in total. The molecule has 0 saturated heterocycles. The molecule has 0 unspecified atom stereocenters.